The van der Waals surface area contributed by atoms with Gasteiger partial charge in [-0.15, -0.1) is 0 Å². The van der Waals surface area contributed by atoms with E-state index in [9.17, 15) is 0 Å². The van der Waals surface area contributed by atoms with Crippen LogP contribution in [-0.2, 0) is 13.6 Å². The maximum absolute atomic E-state index is 5.37. The summed E-state index contributed by atoms with van der Waals surface area (Å²) >= 11 is 0. The summed E-state index contributed by atoms with van der Waals surface area (Å²) in [6.07, 6.45) is 3.71. The van der Waals surface area contributed by atoms with Crippen molar-refractivity contribution in [2.45, 2.75) is 13.5 Å². The Morgan fingerprint density at radius 2 is 2.55 bits per heavy atom. The van der Waals surface area contributed by atoms with Gasteiger partial charge in [0.05, 0.1) is 18.6 Å². The van der Waals surface area contributed by atoms with Crippen molar-refractivity contribution in [1.29, 1.82) is 0 Å². The molecule has 0 aromatic carbocycles. The Hall–Kier alpha value is -1.32. The topological polar surface area (TPSA) is 56.2 Å². The molecule has 0 fully saturated rings. The van der Waals surface area contributed by atoms with Crippen LogP contribution in [0.4, 0.5) is 0 Å². The van der Waals surface area contributed by atoms with E-state index >= 15 is 0 Å². The maximum atomic E-state index is 5.37. The van der Waals surface area contributed by atoms with Gasteiger partial charge in [-0.1, -0.05) is 0 Å². The van der Waals surface area contributed by atoms with E-state index in [-0.39, 0.29) is 0 Å². The van der Waals surface area contributed by atoms with Crippen molar-refractivity contribution >= 4 is 5.84 Å². The highest BCUT2D eigenvalue weighted by atomic mass is 15.2. The minimum Gasteiger partial charge on any atom is -0.388 e. The predicted molar refractivity (Wildman–Crippen MR) is 44.2 cm³/mol. The van der Waals surface area contributed by atoms with Crippen molar-refractivity contribution in [2.24, 2.45) is 17.8 Å². The summed E-state index contributed by atoms with van der Waals surface area (Å²) in [5.74, 6) is 0.605. The second-order valence-electron chi connectivity index (χ2n) is 2.48. The van der Waals surface area contributed by atoms with E-state index in [1.165, 1.54) is 0 Å². The summed E-state index contributed by atoms with van der Waals surface area (Å²) in [7, 11) is 1.88. The lowest BCUT2D eigenvalue weighted by atomic mass is 10.4. The monoisotopic (exact) mass is 152 g/mol. The zero-order valence-electron chi connectivity index (χ0n) is 6.78. The summed E-state index contributed by atoms with van der Waals surface area (Å²) in [5, 5.41) is 4.00. The Kier molecular flexibility index (Phi) is 2.25. The zero-order chi connectivity index (χ0) is 8.27. The molecule has 0 aliphatic heterocycles. The van der Waals surface area contributed by atoms with Gasteiger partial charge in [0, 0.05) is 18.8 Å². The van der Waals surface area contributed by atoms with E-state index < -0.39 is 0 Å². The first-order valence-electron chi connectivity index (χ1n) is 3.42. The van der Waals surface area contributed by atoms with Gasteiger partial charge in [0.25, 0.3) is 0 Å². The summed E-state index contributed by atoms with van der Waals surface area (Å²) in [5.41, 5.74) is 6.45. The predicted octanol–water partition coefficient (Wildman–Crippen LogP) is 0.297. The number of hydrogen-bond donors (Lipinski definition) is 1. The standard InChI is InChI=1S/C7H12N4/c1-6(8)9-3-7-4-10-11(2)5-7/h4-5H,3H2,1-2H3,(H2,8,9). The fourth-order valence-corrected chi connectivity index (χ4v) is 0.770. The number of nitrogens with two attached hydrogens (primary N) is 1. The van der Waals surface area contributed by atoms with Crippen molar-refractivity contribution in [3.05, 3.63) is 18.0 Å². The molecule has 60 valence electrons. The van der Waals surface area contributed by atoms with E-state index in [1.54, 1.807) is 17.8 Å². The molecule has 1 aromatic rings. The van der Waals surface area contributed by atoms with Gasteiger partial charge >= 0.3 is 0 Å². The van der Waals surface area contributed by atoms with Crippen molar-refractivity contribution < 1.29 is 0 Å². The van der Waals surface area contributed by atoms with Gasteiger partial charge in [0.1, 0.15) is 0 Å². The van der Waals surface area contributed by atoms with E-state index in [0.717, 1.165) is 5.56 Å². The fourth-order valence-electron chi connectivity index (χ4n) is 0.770. The molecule has 0 spiro atoms. The quantitative estimate of drug-likeness (QED) is 0.489. The number of rotatable bonds is 2. The first-order chi connectivity index (χ1) is 5.18. The summed E-state index contributed by atoms with van der Waals surface area (Å²) < 4.78 is 1.75. The van der Waals surface area contributed by atoms with E-state index in [4.69, 9.17) is 5.73 Å². The van der Waals surface area contributed by atoms with Crippen molar-refractivity contribution in [2.75, 3.05) is 0 Å². The van der Waals surface area contributed by atoms with Crippen LogP contribution in [-0.4, -0.2) is 15.6 Å². The van der Waals surface area contributed by atoms with Crippen LogP contribution in [0.3, 0.4) is 0 Å². The number of hydrogen-bond acceptors (Lipinski definition) is 2. The lowest BCUT2D eigenvalue weighted by Crippen LogP contribution is -2.05. The highest BCUT2D eigenvalue weighted by molar-refractivity contribution is 5.77. The van der Waals surface area contributed by atoms with Gasteiger partial charge in [-0.25, -0.2) is 0 Å². The van der Waals surface area contributed by atoms with Gasteiger partial charge in [-0.3, -0.25) is 9.67 Å². The molecule has 11 heavy (non-hydrogen) atoms. The largest absolute Gasteiger partial charge is 0.388 e. The molecule has 2 N–H and O–H groups in total. The summed E-state index contributed by atoms with van der Waals surface area (Å²) in [4.78, 5) is 4.05. The molecule has 0 saturated carbocycles. The third-order valence-electron chi connectivity index (χ3n) is 1.27. The normalized spacial score (nSPS) is 12.0. The van der Waals surface area contributed by atoms with E-state index in [2.05, 4.69) is 10.1 Å². The Labute approximate surface area is 65.7 Å². The third-order valence-corrected chi connectivity index (χ3v) is 1.27. The van der Waals surface area contributed by atoms with Crippen LogP contribution < -0.4 is 5.73 Å². The van der Waals surface area contributed by atoms with Crippen LogP contribution >= 0.6 is 0 Å². The molecule has 0 aliphatic rings. The maximum Gasteiger partial charge on any atom is 0.0909 e. The highest BCUT2D eigenvalue weighted by Gasteiger charge is 1.92. The van der Waals surface area contributed by atoms with Crippen molar-refractivity contribution in [3.63, 3.8) is 0 Å². The number of amidine groups is 1. The lowest BCUT2D eigenvalue weighted by Gasteiger charge is -1.89. The van der Waals surface area contributed by atoms with Gasteiger partial charge < -0.3 is 5.73 Å². The molecule has 4 nitrogen and oxygen atoms in total. The lowest BCUT2D eigenvalue weighted by molar-refractivity contribution is 0.767. The van der Waals surface area contributed by atoms with Crippen LogP contribution in [0.2, 0.25) is 0 Å². The van der Waals surface area contributed by atoms with Gasteiger partial charge in [-0.05, 0) is 6.92 Å². The number of aliphatic imine (C=N–C) groups is 1. The molecule has 1 aromatic heterocycles. The fraction of sp³-hybridized carbons (Fsp3) is 0.429. The molecule has 1 rings (SSSR count). The molecule has 0 radical (unpaired) electrons. The van der Waals surface area contributed by atoms with Crippen LogP contribution in [0.25, 0.3) is 0 Å². The average molecular weight is 152 g/mol. The average Bonchev–Trinajstić information content (AvgIpc) is 2.31. The van der Waals surface area contributed by atoms with E-state index in [1.807, 2.05) is 13.2 Å². The first-order valence-corrected chi connectivity index (χ1v) is 3.42. The Morgan fingerprint density at radius 3 is 3.00 bits per heavy atom. The Bertz CT molecular complexity index is 257. The van der Waals surface area contributed by atoms with Gasteiger partial charge in [-0.2, -0.15) is 5.10 Å². The number of aromatic nitrogens is 2. The molecule has 1 heterocycles. The summed E-state index contributed by atoms with van der Waals surface area (Å²) in [6, 6.07) is 0. The first kappa shape index (κ1) is 7.78. The molecule has 0 saturated heterocycles. The molecule has 0 atom stereocenters. The molecule has 0 unspecified atom stereocenters. The van der Waals surface area contributed by atoms with Crippen LogP contribution in [0.15, 0.2) is 17.4 Å². The molecule has 0 aliphatic carbocycles. The van der Waals surface area contributed by atoms with Crippen molar-refractivity contribution in [3.8, 4) is 0 Å². The molecule has 4 heteroatoms. The van der Waals surface area contributed by atoms with Crippen LogP contribution in [0.1, 0.15) is 12.5 Å². The highest BCUT2D eigenvalue weighted by Crippen LogP contribution is 1.97. The van der Waals surface area contributed by atoms with Crippen molar-refractivity contribution in [1.82, 2.24) is 9.78 Å². The molecular formula is C7H12N4. The zero-order valence-corrected chi connectivity index (χ0v) is 6.78. The summed E-state index contributed by atoms with van der Waals surface area (Å²) in [6.45, 7) is 2.40. The minimum atomic E-state index is 0.605. The smallest absolute Gasteiger partial charge is 0.0909 e. The second-order valence-corrected chi connectivity index (χ2v) is 2.48. The molecular weight excluding hydrogens is 140 g/mol. The second kappa shape index (κ2) is 3.18. The Balaban J connectivity index is 2.58. The van der Waals surface area contributed by atoms with Crippen LogP contribution in [0.5, 0.6) is 0 Å². The number of aryl methyl sites for hydroxylation is 1. The molecule has 0 amide bonds. The van der Waals surface area contributed by atoms with E-state index in [0.29, 0.717) is 12.4 Å². The number of nitrogens with zero attached hydrogens (tertiary/aromatic N) is 3. The van der Waals surface area contributed by atoms with Gasteiger partial charge in [0.15, 0.2) is 0 Å². The Morgan fingerprint density at radius 1 is 1.82 bits per heavy atom. The minimum absolute atomic E-state index is 0.605. The molecule has 0 bridgehead atoms. The third kappa shape index (κ3) is 2.41. The SMILES string of the molecule is CC(N)=NCc1cnn(C)c1. The van der Waals surface area contributed by atoms with Gasteiger partial charge in [0.2, 0.25) is 0 Å². The van der Waals surface area contributed by atoms with Crippen LogP contribution in [0, 0.1) is 0 Å².